The van der Waals surface area contributed by atoms with Gasteiger partial charge in [-0.15, -0.1) is 0 Å². The average Bonchev–Trinajstić information content (AvgIpc) is 2.61. The molecule has 26 heavy (non-hydrogen) atoms. The number of rotatable bonds is 9. The molecule has 0 bridgehead atoms. The van der Waals surface area contributed by atoms with Gasteiger partial charge in [0.05, 0.1) is 31.9 Å². The molecule has 0 radical (unpaired) electrons. The number of alkyl halides is 3. The average molecular weight is 373 g/mol. The quantitative estimate of drug-likeness (QED) is 0.640. The molecule has 0 saturated heterocycles. The van der Waals surface area contributed by atoms with E-state index in [1.54, 1.807) is 17.4 Å². The molecule has 1 rings (SSSR count). The minimum atomic E-state index is -4.50. The summed E-state index contributed by atoms with van der Waals surface area (Å²) in [6, 6.07) is 6.61. The van der Waals surface area contributed by atoms with Crippen molar-refractivity contribution >= 4 is 11.8 Å². The number of hydrogen-bond acceptors (Lipinski definition) is 5. The molecule has 0 aromatic heterocycles. The minimum Gasteiger partial charge on any atom is -0.493 e. The normalized spacial score (nSPS) is 10.6. The largest absolute Gasteiger partial charge is 0.493 e. The lowest BCUT2D eigenvalue weighted by Gasteiger charge is -2.11. The highest BCUT2D eigenvalue weighted by atomic mass is 19.4. The number of carbonyl (C=O) groups is 2. The summed E-state index contributed by atoms with van der Waals surface area (Å²) in [5.74, 6) is -0.606. The Balaban J connectivity index is 2.26. The molecule has 0 atom stereocenters. The van der Waals surface area contributed by atoms with Crippen molar-refractivity contribution in [3.63, 3.8) is 0 Å². The molecule has 10 heteroatoms. The third kappa shape index (κ3) is 8.23. The molecule has 142 valence electrons. The van der Waals surface area contributed by atoms with E-state index in [9.17, 15) is 22.8 Å². The first kappa shape index (κ1) is 21.1. The van der Waals surface area contributed by atoms with Crippen molar-refractivity contribution in [2.45, 2.75) is 19.0 Å². The fraction of sp³-hybridized carbons (Fsp3) is 0.438. The van der Waals surface area contributed by atoms with Gasteiger partial charge in [-0.1, -0.05) is 0 Å². The van der Waals surface area contributed by atoms with Crippen LogP contribution in [-0.4, -0.2) is 44.8 Å². The zero-order valence-corrected chi connectivity index (χ0v) is 14.0. The molecule has 1 aromatic rings. The summed E-state index contributed by atoms with van der Waals surface area (Å²) in [7, 11) is 1.43. The summed E-state index contributed by atoms with van der Waals surface area (Å²) in [6.07, 6.45) is -4.15. The third-order valence-corrected chi connectivity index (χ3v) is 3.03. The highest BCUT2D eigenvalue weighted by molar-refractivity contribution is 5.84. The van der Waals surface area contributed by atoms with Crippen LogP contribution in [0.5, 0.6) is 11.5 Å². The van der Waals surface area contributed by atoms with Gasteiger partial charge in [-0.3, -0.25) is 9.59 Å². The molecule has 0 aliphatic carbocycles. The van der Waals surface area contributed by atoms with Crippen LogP contribution in [0, 0.1) is 11.3 Å². The summed E-state index contributed by atoms with van der Waals surface area (Å²) < 4.78 is 46.3. The van der Waals surface area contributed by atoms with Crippen LogP contribution in [0.4, 0.5) is 13.2 Å². The highest BCUT2D eigenvalue weighted by Gasteiger charge is 2.27. The Morgan fingerprint density at radius 1 is 1.19 bits per heavy atom. The number of methoxy groups -OCH3 is 1. The second-order valence-electron chi connectivity index (χ2n) is 5.10. The predicted octanol–water partition coefficient (Wildman–Crippen LogP) is 1.52. The molecule has 7 nitrogen and oxygen atoms in total. The van der Waals surface area contributed by atoms with Crippen molar-refractivity contribution in [2.75, 3.05) is 26.8 Å². The molecule has 0 aliphatic heterocycles. The van der Waals surface area contributed by atoms with E-state index in [-0.39, 0.29) is 13.0 Å². The summed E-state index contributed by atoms with van der Waals surface area (Å²) in [5.41, 5.74) is 0.414. The maximum absolute atomic E-state index is 11.9. The Morgan fingerprint density at radius 2 is 1.92 bits per heavy atom. The van der Waals surface area contributed by atoms with E-state index in [4.69, 9.17) is 14.7 Å². The fourth-order valence-electron chi connectivity index (χ4n) is 1.80. The smallest absolute Gasteiger partial charge is 0.405 e. The number of benzene rings is 1. The minimum absolute atomic E-state index is 0.0329. The van der Waals surface area contributed by atoms with Gasteiger partial charge in [-0.25, -0.2) is 0 Å². The molecule has 0 saturated carbocycles. The van der Waals surface area contributed by atoms with Crippen LogP contribution in [0.2, 0.25) is 0 Å². The number of hydrogen-bond donors (Lipinski definition) is 2. The summed E-state index contributed by atoms with van der Waals surface area (Å²) in [6.45, 7) is -1.79. The first-order chi connectivity index (χ1) is 12.2. The van der Waals surface area contributed by atoms with E-state index in [1.807, 2.05) is 6.07 Å². The second-order valence-corrected chi connectivity index (χ2v) is 5.10. The van der Waals surface area contributed by atoms with Crippen molar-refractivity contribution in [3.8, 4) is 17.6 Å². The van der Waals surface area contributed by atoms with Crippen molar-refractivity contribution in [3.05, 3.63) is 23.8 Å². The van der Waals surface area contributed by atoms with Gasteiger partial charge in [0.25, 0.3) is 0 Å². The van der Waals surface area contributed by atoms with Gasteiger partial charge in [-0.2, -0.15) is 18.4 Å². The van der Waals surface area contributed by atoms with Crippen LogP contribution in [-0.2, 0) is 9.59 Å². The van der Waals surface area contributed by atoms with Crippen LogP contribution in [0.25, 0.3) is 0 Å². The van der Waals surface area contributed by atoms with E-state index in [0.29, 0.717) is 23.5 Å². The maximum Gasteiger partial charge on any atom is 0.405 e. The third-order valence-electron chi connectivity index (χ3n) is 3.03. The van der Waals surface area contributed by atoms with Crippen LogP contribution in [0.3, 0.4) is 0 Å². The molecule has 0 heterocycles. The van der Waals surface area contributed by atoms with E-state index < -0.39 is 31.1 Å². The van der Waals surface area contributed by atoms with E-state index in [2.05, 4.69) is 5.32 Å². The van der Waals surface area contributed by atoms with E-state index in [0.717, 1.165) is 0 Å². The Kier molecular flexibility index (Phi) is 8.21. The monoisotopic (exact) mass is 373 g/mol. The van der Waals surface area contributed by atoms with Crippen molar-refractivity contribution in [1.82, 2.24) is 10.6 Å². The Morgan fingerprint density at radius 3 is 2.54 bits per heavy atom. The van der Waals surface area contributed by atoms with E-state index >= 15 is 0 Å². The lowest BCUT2D eigenvalue weighted by molar-refractivity contribution is -0.138. The van der Waals surface area contributed by atoms with Gasteiger partial charge in [0.1, 0.15) is 6.54 Å². The number of halogens is 3. The van der Waals surface area contributed by atoms with Gasteiger partial charge < -0.3 is 20.1 Å². The van der Waals surface area contributed by atoms with Gasteiger partial charge in [0.2, 0.25) is 11.8 Å². The molecular formula is C16H18F3N3O4. The van der Waals surface area contributed by atoms with E-state index in [1.165, 1.54) is 13.2 Å². The molecule has 2 amide bonds. The molecule has 2 N–H and O–H groups in total. The van der Waals surface area contributed by atoms with Crippen molar-refractivity contribution < 1.29 is 32.2 Å². The zero-order chi connectivity index (χ0) is 19.6. The number of carbonyl (C=O) groups excluding carboxylic acids is 2. The standard InChI is InChI=1S/C16H18F3N3O4/c1-25-13-7-11(8-20)4-5-12(13)26-6-2-3-14(23)21-9-15(24)22-10-16(17,18)19/h4-5,7H,2-3,6,9-10H2,1H3,(H,21,23)(H,22,24). The van der Waals surface area contributed by atoms with Gasteiger partial charge >= 0.3 is 6.18 Å². The molecule has 0 aliphatic rings. The maximum atomic E-state index is 11.9. The molecule has 0 spiro atoms. The summed E-state index contributed by atoms with van der Waals surface area (Å²) in [5, 5.41) is 12.7. The lowest BCUT2D eigenvalue weighted by atomic mass is 10.2. The molecule has 1 aromatic carbocycles. The Hall–Kier alpha value is -2.96. The Labute approximate surface area is 148 Å². The first-order valence-corrected chi connectivity index (χ1v) is 7.56. The van der Waals surface area contributed by atoms with Gasteiger partial charge in [0.15, 0.2) is 11.5 Å². The van der Waals surface area contributed by atoms with Crippen LogP contribution < -0.4 is 20.1 Å². The van der Waals surface area contributed by atoms with Gasteiger partial charge in [-0.05, 0) is 18.6 Å². The lowest BCUT2D eigenvalue weighted by Crippen LogP contribution is -2.40. The van der Waals surface area contributed by atoms with Crippen LogP contribution in [0.1, 0.15) is 18.4 Å². The number of nitriles is 1. The number of nitrogens with one attached hydrogen (secondary N) is 2. The number of ether oxygens (including phenoxy) is 2. The molecule has 0 fully saturated rings. The second kappa shape index (κ2) is 10.1. The molecular weight excluding hydrogens is 355 g/mol. The fourth-order valence-corrected chi connectivity index (χ4v) is 1.80. The first-order valence-electron chi connectivity index (χ1n) is 7.56. The predicted molar refractivity (Wildman–Crippen MR) is 84.5 cm³/mol. The zero-order valence-electron chi connectivity index (χ0n) is 14.0. The van der Waals surface area contributed by atoms with Crippen molar-refractivity contribution in [2.24, 2.45) is 0 Å². The van der Waals surface area contributed by atoms with Crippen molar-refractivity contribution in [1.29, 1.82) is 5.26 Å². The number of nitrogens with zero attached hydrogens (tertiary/aromatic N) is 1. The summed E-state index contributed by atoms with van der Waals surface area (Å²) >= 11 is 0. The van der Waals surface area contributed by atoms with Gasteiger partial charge in [0, 0.05) is 12.5 Å². The summed E-state index contributed by atoms with van der Waals surface area (Å²) in [4.78, 5) is 22.7. The SMILES string of the molecule is COc1cc(C#N)ccc1OCCCC(=O)NCC(=O)NCC(F)(F)F. The number of amides is 2. The molecule has 0 unspecified atom stereocenters. The van der Waals surface area contributed by atoms with Crippen LogP contribution in [0.15, 0.2) is 18.2 Å². The van der Waals surface area contributed by atoms with Crippen LogP contribution >= 0.6 is 0 Å². The topological polar surface area (TPSA) is 100 Å². The Bertz CT molecular complexity index is 672. The highest BCUT2D eigenvalue weighted by Crippen LogP contribution is 2.27.